The number of benzene rings is 1. The second-order valence-corrected chi connectivity index (χ2v) is 3.90. The molecular weight excluding hydrogens is 178 g/mol. The predicted molar refractivity (Wildman–Crippen MR) is 55.3 cm³/mol. The number of hydrogen-bond acceptors (Lipinski definition) is 3. The smallest absolute Gasteiger partial charge is 0.119 e. The highest BCUT2D eigenvalue weighted by atomic mass is 16.5. The Bertz CT molecular complexity index is 340. The van der Waals surface area contributed by atoms with Gasteiger partial charge in [-0.05, 0) is 24.6 Å². The molecule has 1 aromatic rings. The Kier molecular flexibility index (Phi) is 2.11. The van der Waals surface area contributed by atoms with E-state index in [4.69, 9.17) is 10.5 Å². The third-order valence-electron chi connectivity index (χ3n) is 3.03. The zero-order chi connectivity index (χ0) is 10.2. The van der Waals surface area contributed by atoms with Gasteiger partial charge in [0.2, 0.25) is 0 Å². The first-order chi connectivity index (χ1) is 6.68. The highest BCUT2D eigenvalue weighted by Crippen LogP contribution is 2.40. The number of rotatable bonds is 2. The van der Waals surface area contributed by atoms with Gasteiger partial charge in [-0.15, -0.1) is 0 Å². The number of ether oxygens (including phenoxy) is 1. The molecule has 0 spiro atoms. The van der Waals surface area contributed by atoms with E-state index in [1.54, 1.807) is 12.1 Å². The molecule has 0 unspecified atom stereocenters. The van der Waals surface area contributed by atoms with Crippen molar-refractivity contribution in [3.05, 3.63) is 23.8 Å². The third-order valence-corrected chi connectivity index (χ3v) is 3.03. The fourth-order valence-electron chi connectivity index (χ4n) is 1.88. The van der Waals surface area contributed by atoms with E-state index in [2.05, 4.69) is 6.92 Å². The van der Waals surface area contributed by atoms with Crippen LogP contribution in [0.25, 0.3) is 0 Å². The largest absolute Gasteiger partial charge is 0.508 e. The second-order valence-electron chi connectivity index (χ2n) is 3.90. The quantitative estimate of drug-likeness (QED) is 0.554. The average molecular weight is 193 g/mol. The molecule has 1 aliphatic heterocycles. The van der Waals surface area contributed by atoms with Crippen LogP contribution in [0.5, 0.6) is 5.75 Å². The SMILES string of the molecule is CCC1(c2cc(N)ccc2O)COC1. The normalized spacial score (nSPS) is 18.9. The minimum Gasteiger partial charge on any atom is -0.508 e. The minimum absolute atomic E-state index is 0.0144. The first kappa shape index (κ1) is 9.34. The van der Waals surface area contributed by atoms with E-state index in [1.807, 2.05) is 6.07 Å². The van der Waals surface area contributed by atoms with Gasteiger partial charge in [-0.1, -0.05) is 6.92 Å². The van der Waals surface area contributed by atoms with Gasteiger partial charge in [0, 0.05) is 16.7 Å². The molecule has 3 N–H and O–H groups in total. The molecular formula is C11H15NO2. The highest BCUT2D eigenvalue weighted by molar-refractivity contribution is 5.51. The lowest BCUT2D eigenvalue weighted by Gasteiger charge is -2.41. The summed E-state index contributed by atoms with van der Waals surface area (Å²) in [6.45, 7) is 3.46. The zero-order valence-electron chi connectivity index (χ0n) is 8.29. The van der Waals surface area contributed by atoms with Crippen LogP contribution in [0.15, 0.2) is 18.2 Å². The van der Waals surface area contributed by atoms with Crippen LogP contribution < -0.4 is 5.73 Å². The molecule has 1 saturated heterocycles. The molecule has 1 fully saturated rings. The van der Waals surface area contributed by atoms with Gasteiger partial charge in [-0.2, -0.15) is 0 Å². The molecule has 0 bridgehead atoms. The maximum absolute atomic E-state index is 9.76. The van der Waals surface area contributed by atoms with Crippen molar-refractivity contribution >= 4 is 5.69 Å². The molecule has 1 aromatic carbocycles. The van der Waals surface area contributed by atoms with Crippen molar-refractivity contribution in [3.8, 4) is 5.75 Å². The topological polar surface area (TPSA) is 55.5 Å². The number of nitrogen functional groups attached to an aromatic ring is 1. The highest BCUT2D eigenvalue weighted by Gasteiger charge is 2.40. The standard InChI is InChI=1S/C11H15NO2/c1-2-11(6-14-7-11)9-5-8(12)3-4-10(9)13/h3-5,13H,2,6-7,12H2,1H3. The van der Waals surface area contributed by atoms with Crippen LogP contribution in [-0.4, -0.2) is 18.3 Å². The van der Waals surface area contributed by atoms with Gasteiger partial charge in [0.25, 0.3) is 0 Å². The Morgan fingerprint density at radius 3 is 2.71 bits per heavy atom. The van der Waals surface area contributed by atoms with Gasteiger partial charge < -0.3 is 15.6 Å². The lowest BCUT2D eigenvalue weighted by atomic mass is 9.76. The van der Waals surface area contributed by atoms with Crippen LogP contribution in [0.1, 0.15) is 18.9 Å². The molecule has 0 saturated carbocycles. The summed E-state index contributed by atoms with van der Waals surface area (Å²) in [5.41, 5.74) is 7.31. The summed E-state index contributed by atoms with van der Waals surface area (Å²) in [7, 11) is 0. The average Bonchev–Trinajstić information content (AvgIpc) is 2.10. The molecule has 2 rings (SSSR count). The Morgan fingerprint density at radius 2 is 2.21 bits per heavy atom. The van der Waals surface area contributed by atoms with Crippen LogP contribution in [0, 0.1) is 0 Å². The van der Waals surface area contributed by atoms with Gasteiger partial charge in [-0.3, -0.25) is 0 Å². The molecule has 14 heavy (non-hydrogen) atoms. The van der Waals surface area contributed by atoms with Gasteiger partial charge in [0.1, 0.15) is 5.75 Å². The monoisotopic (exact) mass is 193 g/mol. The number of nitrogens with two attached hydrogens (primary N) is 1. The van der Waals surface area contributed by atoms with Crippen LogP contribution in [0.4, 0.5) is 5.69 Å². The number of phenolic OH excluding ortho intramolecular Hbond substituents is 1. The molecule has 1 aliphatic rings. The zero-order valence-corrected chi connectivity index (χ0v) is 8.29. The molecule has 76 valence electrons. The lowest BCUT2D eigenvalue weighted by molar-refractivity contribution is -0.0628. The molecule has 0 aliphatic carbocycles. The Hall–Kier alpha value is -1.22. The van der Waals surface area contributed by atoms with Crippen molar-refractivity contribution in [2.75, 3.05) is 18.9 Å². The van der Waals surface area contributed by atoms with E-state index >= 15 is 0 Å². The molecule has 3 heteroatoms. The molecule has 0 radical (unpaired) electrons. The van der Waals surface area contributed by atoms with Gasteiger partial charge in [0.15, 0.2) is 0 Å². The van der Waals surface area contributed by atoms with Crippen LogP contribution in [0.2, 0.25) is 0 Å². The van der Waals surface area contributed by atoms with Crippen molar-refractivity contribution in [2.24, 2.45) is 0 Å². The Balaban J connectivity index is 2.43. The number of anilines is 1. The van der Waals surface area contributed by atoms with Crippen molar-refractivity contribution in [1.82, 2.24) is 0 Å². The predicted octanol–water partition coefficient (Wildman–Crippen LogP) is 1.65. The molecule has 0 aromatic heterocycles. The molecule has 0 amide bonds. The van der Waals surface area contributed by atoms with E-state index in [-0.39, 0.29) is 5.41 Å². The van der Waals surface area contributed by atoms with Gasteiger partial charge in [0.05, 0.1) is 13.2 Å². The molecule has 1 heterocycles. The fourth-order valence-corrected chi connectivity index (χ4v) is 1.88. The van der Waals surface area contributed by atoms with Crippen molar-refractivity contribution in [3.63, 3.8) is 0 Å². The van der Waals surface area contributed by atoms with Crippen LogP contribution >= 0.6 is 0 Å². The summed E-state index contributed by atoms with van der Waals surface area (Å²) >= 11 is 0. The Morgan fingerprint density at radius 1 is 1.50 bits per heavy atom. The van der Waals surface area contributed by atoms with Crippen LogP contribution in [0.3, 0.4) is 0 Å². The van der Waals surface area contributed by atoms with E-state index in [0.29, 0.717) is 24.7 Å². The van der Waals surface area contributed by atoms with E-state index in [1.165, 1.54) is 0 Å². The summed E-state index contributed by atoms with van der Waals surface area (Å²) in [6.07, 6.45) is 0.962. The Labute approximate surface area is 83.5 Å². The summed E-state index contributed by atoms with van der Waals surface area (Å²) in [5, 5.41) is 9.76. The van der Waals surface area contributed by atoms with E-state index < -0.39 is 0 Å². The summed E-state index contributed by atoms with van der Waals surface area (Å²) in [4.78, 5) is 0. The van der Waals surface area contributed by atoms with Crippen molar-refractivity contribution in [2.45, 2.75) is 18.8 Å². The molecule has 0 atom stereocenters. The number of hydrogen-bond donors (Lipinski definition) is 2. The number of phenols is 1. The van der Waals surface area contributed by atoms with Crippen LogP contribution in [-0.2, 0) is 10.2 Å². The lowest BCUT2D eigenvalue weighted by Crippen LogP contribution is -2.46. The van der Waals surface area contributed by atoms with E-state index in [9.17, 15) is 5.11 Å². The summed E-state index contributed by atoms with van der Waals surface area (Å²) < 4.78 is 5.23. The van der Waals surface area contributed by atoms with Gasteiger partial charge >= 0.3 is 0 Å². The summed E-state index contributed by atoms with van der Waals surface area (Å²) in [5.74, 6) is 0.323. The summed E-state index contributed by atoms with van der Waals surface area (Å²) in [6, 6.07) is 5.21. The number of aromatic hydroxyl groups is 1. The van der Waals surface area contributed by atoms with E-state index in [0.717, 1.165) is 12.0 Å². The third kappa shape index (κ3) is 1.24. The van der Waals surface area contributed by atoms with Crippen molar-refractivity contribution in [1.29, 1.82) is 0 Å². The first-order valence-corrected chi connectivity index (χ1v) is 4.85. The van der Waals surface area contributed by atoms with Crippen molar-refractivity contribution < 1.29 is 9.84 Å². The van der Waals surface area contributed by atoms with Gasteiger partial charge in [-0.25, -0.2) is 0 Å². The first-order valence-electron chi connectivity index (χ1n) is 4.85. The fraction of sp³-hybridized carbons (Fsp3) is 0.455. The maximum atomic E-state index is 9.76. The second kappa shape index (κ2) is 3.17. The molecule has 3 nitrogen and oxygen atoms in total. The minimum atomic E-state index is -0.0144. The maximum Gasteiger partial charge on any atom is 0.119 e.